The first-order chi connectivity index (χ1) is 8.24. The Morgan fingerprint density at radius 3 is 2.39 bits per heavy atom. The zero-order valence-corrected chi connectivity index (χ0v) is 11.1. The molecule has 18 heavy (non-hydrogen) atoms. The normalized spacial score (nSPS) is 18.3. The fraction of sp³-hybridized carbons (Fsp3) is 0.833. The van der Waals surface area contributed by atoms with Gasteiger partial charge in [-0.3, -0.25) is 0 Å². The molecule has 0 aromatic carbocycles. The third-order valence-corrected chi connectivity index (χ3v) is 3.08. The van der Waals surface area contributed by atoms with E-state index in [0.717, 1.165) is 19.8 Å². The first-order valence-electron chi connectivity index (χ1n) is 6.24. The van der Waals surface area contributed by atoms with Gasteiger partial charge in [-0.1, -0.05) is 0 Å². The predicted octanol–water partition coefficient (Wildman–Crippen LogP) is 0.652. The molecule has 1 aliphatic carbocycles. The Labute approximate surface area is 107 Å². The second-order valence-electron chi connectivity index (χ2n) is 5.43. The van der Waals surface area contributed by atoms with Crippen LogP contribution in [0.2, 0.25) is 0 Å². The summed E-state index contributed by atoms with van der Waals surface area (Å²) in [5.74, 6) is -0.778. The maximum absolute atomic E-state index is 11.9. The Morgan fingerprint density at radius 2 is 2.00 bits per heavy atom. The summed E-state index contributed by atoms with van der Waals surface area (Å²) in [5, 5.41) is 20.7. The van der Waals surface area contributed by atoms with Crippen LogP contribution in [0.5, 0.6) is 0 Å². The van der Waals surface area contributed by atoms with Gasteiger partial charge in [0.2, 0.25) is 0 Å². The van der Waals surface area contributed by atoms with E-state index in [-0.39, 0.29) is 18.6 Å². The van der Waals surface area contributed by atoms with Crippen molar-refractivity contribution >= 4 is 12.0 Å². The van der Waals surface area contributed by atoms with E-state index in [1.165, 1.54) is 0 Å². The zero-order chi connectivity index (χ0) is 13.9. The van der Waals surface area contributed by atoms with E-state index in [2.05, 4.69) is 5.32 Å². The van der Waals surface area contributed by atoms with Crippen LogP contribution in [0.15, 0.2) is 0 Å². The van der Waals surface area contributed by atoms with Gasteiger partial charge in [0.05, 0.1) is 6.54 Å². The molecular weight excluding hydrogens is 236 g/mol. The van der Waals surface area contributed by atoms with Crippen molar-refractivity contribution in [2.75, 3.05) is 13.1 Å². The molecule has 1 aliphatic rings. The van der Waals surface area contributed by atoms with Crippen molar-refractivity contribution in [2.24, 2.45) is 5.92 Å². The first-order valence-corrected chi connectivity index (χ1v) is 6.24. The summed E-state index contributed by atoms with van der Waals surface area (Å²) in [4.78, 5) is 24.3. The molecule has 0 aromatic heterocycles. The van der Waals surface area contributed by atoms with Gasteiger partial charge < -0.3 is 20.4 Å². The number of nitrogens with zero attached hydrogens (tertiary/aromatic N) is 1. The van der Waals surface area contributed by atoms with Gasteiger partial charge in [-0.15, -0.1) is 0 Å². The van der Waals surface area contributed by atoms with Gasteiger partial charge in [-0.25, -0.2) is 9.59 Å². The highest BCUT2D eigenvalue weighted by Crippen LogP contribution is 2.30. The molecule has 0 heterocycles. The summed E-state index contributed by atoms with van der Waals surface area (Å²) in [6.45, 7) is 5.39. The number of hydrogen-bond acceptors (Lipinski definition) is 3. The highest BCUT2D eigenvalue weighted by molar-refractivity contribution is 5.79. The van der Waals surface area contributed by atoms with Gasteiger partial charge in [0, 0.05) is 12.6 Å². The minimum atomic E-state index is -1.93. The number of hydrogen-bond donors (Lipinski definition) is 3. The van der Waals surface area contributed by atoms with Crippen LogP contribution in [0.25, 0.3) is 0 Å². The molecule has 0 spiro atoms. The van der Waals surface area contributed by atoms with E-state index in [4.69, 9.17) is 5.11 Å². The van der Waals surface area contributed by atoms with Gasteiger partial charge in [0.15, 0.2) is 5.60 Å². The van der Waals surface area contributed by atoms with Gasteiger partial charge in [0.1, 0.15) is 0 Å². The number of nitrogens with one attached hydrogen (secondary N) is 1. The Balaban J connectivity index is 2.48. The lowest BCUT2D eigenvalue weighted by molar-refractivity contribution is -0.155. The second kappa shape index (κ2) is 5.56. The van der Waals surface area contributed by atoms with Gasteiger partial charge in [-0.2, -0.15) is 0 Å². The van der Waals surface area contributed by atoms with Crippen molar-refractivity contribution in [3.05, 3.63) is 0 Å². The minimum absolute atomic E-state index is 0.0559. The highest BCUT2D eigenvalue weighted by Gasteiger charge is 2.32. The molecule has 1 atom stereocenters. The Bertz CT molecular complexity index is 324. The SMILES string of the molecule is CC(C)N(CC1CC1)C(=O)NCC(C)(O)C(=O)O. The zero-order valence-electron chi connectivity index (χ0n) is 11.1. The maximum Gasteiger partial charge on any atom is 0.337 e. The number of amides is 2. The minimum Gasteiger partial charge on any atom is -0.479 e. The van der Waals surface area contributed by atoms with E-state index in [1.54, 1.807) is 4.90 Å². The van der Waals surface area contributed by atoms with E-state index in [0.29, 0.717) is 12.5 Å². The number of aliphatic carboxylic acids is 1. The van der Waals surface area contributed by atoms with Crippen molar-refractivity contribution in [2.45, 2.75) is 45.3 Å². The third-order valence-electron chi connectivity index (χ3n) is 3.08. The van der Waals surface area contributed by atoms with E-state index >= 15 is 0 Å². The van der Waals surface area contributed by atoms with E-state index in [1.807, 2.05) is 13.8 Å². The van der Waals surface area contributed by atoms with Crippen molar-refractivity contribution in [1.29, 1.82) is 0 Å². The Kier molecular flexibility index (Phi) is 4.56. The molecule has 1 saturated carbocycles. The lowest BCUT2D eigenvalue weighted by atomic mass is 10.1. The molecule has 1 fully saturated rings. The summed E-state index contributed by atoms with van der Waals surface area (Å²) in [6.07, 6.45) is 2.28. The molecule has 3 N–H and O–H groups in total. The van der Waals surface area contributed by atoms with Crippen LogP contribution in [-0.2, 0) is 4.79 Å². The molecule has 1 unspecified atom stereocenters. The predicted molar refractivity (Wildman–Crippen MR) is 66.2 cm³/mol. The average Bonchev–Trinajstić information content (AvgIpc) is 3.05. The summed E-state index contributed by atoms with van der Waals surface area (Å²) < 4.78 is 0. The lowest BCUT2D eigenvalue weighted by Gasteiger charge is -2.28. The number of urea groups is 1. The maximum atomic E-state index is 11.9. The molecule has 6 nitrogen and oxygen atoms in total. The highest BCUT2D eigenvalue weighted by atomic mass is 16.4. The van der Waals surface area contributed by atoms with Crippen molar-refractivity contribution < 1.29 is 19.8 Å². The first kappa shape index (κ1) is 14.8. The topological polar surface area (TPSA) is 89.9 Å². The second-order valence-corrected chi connectivity index (χ2v) is 5.43. The third kappa shape index (κ3) is 4.18. The number of carboxylic acids is 1. The van der Waals surface area contributed by atoms with Crippen molar-refractivity contribution in [1.82, 2.24) is 10.2 Å². The van der Waals surface area contributed by atoms with Crippen LogP contribution < -0.4 is 5.32 Å². The van der Waals surface area contributed by atoms with Crippen LogP contribution in [0.3, 0.4) is 0 Å². The quantitative estimate of drug-likeness (QED) is 0.652. The number of carbonyl (C=O) groups excluding carboxylic acids is 1. The van der Waals surface area contributed by atoms with Crippen LogP contribution in [-0.4, -0.2) is 51.8 Å². The van der Waals surface area contributed by atoms with Gasteiger partial charge in [-0.05, 0) is 39.5 Å². The summed E-state index contributed by atoms with van der Waals surface area (Å²) >= 11 is 0. The Hall–Kier alpha value is -1.30. The number of aliphatic hydroxyl groups is 1. The monoisotopic (exact) mass is 258 g/mol. The summed E-state index contributed by atoms with van der Waals surface area (Å²) in [6, 6.07) is -0.265. The Morgan fingerprint density at radius 1 is 1.44 bits per heavy atom. The van der Waals surface area contributed by atoms with Gasteiger partial charge >= 0.3 is 12.0 Å². The summed E-state index contributed by atoms with van der Waals surface area (Å²) in [5.41, 5.74) is -1.93. The average molecular weight is 258 g/mol. The number of carbonyl (C=O) groups is 2. The molecule has 6 heteroatoms. The lowest BCUT2D eigenvalue weighted by Crippen LogP contribution is -2.52. The van der Waals surface area contributed by atoms with Crippen LogP contribution in [0.1, 0.15) is 33.6 Å². The van der Waals surface area contributed by atoms with Crippen LogP contribution in [0.4, 0.5) is 4.79 Å². The van der Waals surface area contributed by atoms with Crippen molar-refractivity contribution in [3.63, 3.8) is 0 Å². The fourth-order valence-corrected chi connectivity index (χ4v) is 1.53. The molecule has 0 aliphatic heterocycles. The number of carboxylic acid groups (broad SMARTS) is 1. The summed E-state index contributed by atoms with van der Waals surface area (Å²) in [7, 11) is 0. The van der Waals surface area contributed by atoms with Crippen LogP contribution >= 0.6 is 0 Å². The van der Waals surface area contributed by atoms with E-state index in [9.17, 15) is 14.7 Å². The number of rotatable bonds is 6. The molecule has 104 valence electrons. The smallest absolute Gasteiger partial charge is 0.337 e. The van der Waals surface area contributed by atoms with Crippen molar-refractivity contribution in [3.8, 4) is 0 Å². The molecule has 0 aromatic rings. The largest absolute Gasteiger partial charge is 0.479 e. The fourth-order valence-electron chi connectivity index (χ4n) is 1.53. The molecule has 0 bridgehead atoms. The van der Waals surface area contributed by atoms with Gasteiger partial charge in [0.25, 0.3) is 0 Å². The molecule has 0 radical (unpaired) electrons. The standard InChI is InChI=1S/C12H22N2O4/c1-8(2)14(6-9-4-5-9)11(17)13-7-12(3,18)10(15)16/h8-9,18H,4-7H2,1-3H3,(H,13,17)(H,15,16). The molecule has 0 saturated heterocycles. The molecule has 2 amide bonds. The van der Waals surface area contributed by atoms with E-state index < -0.39 is 11.6 Å². The van der Waals surface area contributed by atoms with Crippen LogP contribution in [0, 0.1) is 5.92 Å². The molecule has 1 rings (SSSR count). The molecular formula is C12H22N2O4.